The third kappa shape index (κ3) is 4.54. The van der Waals surface area contributed by atoms with Gasteiger partial charge in [-0.2, -0.15) is 0 Å². The second-order valence-electron chi connectivity index (χ2n) is 7.25. The Kier molecular flexibility index (Phi) is 6.04. The number of β-amino-alcohol motifs (C(OH)–C–C–N with tert-alkyl or cyclic N) is 1. The van der Waals surface area contributed by atoms with Gasteiger partial charge in [-0.15, -0.1) is 0 Å². The molecule has 1 aliphatic rings. The number of nitro groups is 1. The highest BCUT2D eigenvalue weighted by molar-refractivity contribution is 6.07. The minimum atomic E-state index is -1.05. The number of methoxy groups -OCH3 is 1. The van der Waals surface area contributed by atoms with Crippen molar-refractivity contribution in [2.45, 2.75) is 39.2 Å². The van der Waals surface area contributed by atoms with Gasteiger partial charge in [0.1, 0.15) is 11.5 Å². The average molecular weight is 380 g/mol. The van der Waals surface area contributed by atoms with Crippen LogP contribution in [0.15, 0.2) is 12.1 Å². The van der Waals surface area contributed by atoms with Crippen LogP contribution in [-0.4, -0.2) is 47.8 Å². The van der Waals surface area contributed by atoms with Crippen molar-refractivity contribution in [1.29, 1.82) is 0 Å². The van der Waals surface area contributed by atoms with E-state index < -0.39 is 28.3 Å². The average Bonchev–Trinajstić information content (AvgIpc) is 2.69. The zero-order valence-corrected chi connectivity index (χ0v) is 15.9. The first-order valence-corrected chi connectivity index (χ1v) is 8.59. The van der Waals surface area contributed by atoms with Crippen LogP contribution in [0, 0.1) is 16.0 Å². The third-order valence-electron chi connectivity index (χ3n) is 4.15. The van der Waals surface area contributed by atoms with Gasteiger partial charge in [0.05, 0.1) is 24.3 Å². The number of nitrogens with zero attached hydrogens (tertiary/aromatic N) is 2. The summed E-state index contributed by atoms with van der Waals surface area (Å²) in [6, 6.07) is 2.75. The summed E-state index contributed by atoms with van der Waals surface area (Å²) in [5.74, 6) is -2.20. The van der Waals surface area contributed by atoms with Crippen molar-refractivity contribution in [2.24, 2.45) is 5.92 Å². The predicted molar refractivity (Wildman–Crippen MR) is 96.7 cm³/mol. The second-order valence-corrected chi connectivity index (χ2v) is 7.25. The molecule has 1 N–H and O–H groups in total. The molecule has 148 valence electrons. The Balaban J connectivity index is 2.49. The highest BCUT2D eigenvalue weighted by Crippen LogP contribution is 2.38. The molecule has 0 aromatic heterocycles. The normalized spacial score (nSPS) is 17.1. The van der Waals surface area contributed by atoms with Crippen LogP contribution in [0.1, 0.15) is 32.8 Å². The number of ether oxygens (including phenoxy) is 2. The molecular weight excluding hydrogens is 356 g/mol. The topological polar surface area (TPSA) is 119 Å². The fraction of sp³-hybridized carbons (Fsp3) is 0.556. The summed E-state index contributed by atoms with van der Waals surface area (Å²) < 4.78 is 10.4. The molecule has 0 spiro atoms. The maximum atomic E-state index is 13.0. The molecule has 2 rings (SSSR count). The standard InChI is InChI=1S/C18H24N2O7/c1-18(2,3)27-17(23)12-6-5-11-9-14(20(24)25)15(26-4)10-13(11)19(7-8-21)16(12)22/h9-10,12,21H,5-8H2,1-4H3/t12-/m0/s1. The molecule has 27 heavy (non-hydrogen) atoms. The number of anilines is 1. The molecule has 9 heteroatoms. The van der Waals surface area contributed by atoms with E-state index in [-0.39, 0.29) is 37.4 Å². The lowest BCUT2D eigenvalue weighted by Crippen LogP contribution is -2.42. The predicted octanol–water partition coefficient (Wildman–Crippen LogP) is 1.83. The molecule has 0 saturated heterocycles. The van der Waals surface area contributed by atoms with E-state index in [4.69, 9.17) is 9.47 Å². The number of rotatable bonds is 5. The number of carbonyl (C=O) groups is 2. The van der Waals surface area contributed by atoms with Crippen LogP contribution < -0.4 is 9.64 Å². The molecule has 1 aliphatic heterocycles. The van der Waals surface area contributed by atoms with E-state index in [9.17, 15) is 24.8 Å². The van der Waals surface area contributed by atoms with E-state index in [0.717, 1.165) is 0 Å². The van der Waals surface area contributed by atoms with Crippen molar-refractivity contribution in [1.82, 2.24) is 0 Å². The van der Waals surface area contributed by atoms with Gasteiger partial charge < -0.3 is 19.5 Å². The Morgan fingerprint density at radius 1 is 1.41 bits per heavy atom. The number of hydrogen-bond donors (Lipinski definition) is 1. The number of aliphatic hydroxyl groups is 1. The van der Waals surface area contributed by atoms with Crippen molar-refractivity contribution in [3.8, 4) is 5.75 Å². The van der Waals surface area contributed by atoms with Crippen molar-refractivity contribution in [3.63, 3.8) is 0 Å². The summed E-state index contributed by atoms with van der Waals surface area (Å²) in [4.78, 5) is 37.5. The Bertz CT molecular complexity index is 755. The number of hydrogen-bond acceptors (Lipinski definition) is 7. The van der Waals surface area contributed by atoms with Crippen LogP contribution in [0.5, 0.6) is 5.75 Å². The minimum Gasteiger partial charge on any atom is -0.490 e. The van der Waals surface area contributed by atoms with Crippen molar-refractivity contribution in [2.75, 3.05) is 25.2 Å². The lowest BCUT2D eigenvalue weighted by Gasteiger charge is -2.27. The van der Waals surface area contributed by atoms with Crippen LogP contribution in [0.25, 0.3) is 0 Å². The van der Waals surface area contributed by atoms with E-state index in [2.05, 4.69) is 0 Å². The fourth-order valence-electron chi connectivity index (χ4n) is 3.01. The summed E-state index contributed by atoms with van der Waals surface area (Å²) in [6.07, 6.45) is 0.434. The second kappa shape index (κ2) is 7.91. The number of fused-ring (bicyclic) bond motifs is 1. The quantitative estimate of drug-likeness (QED) is 0.358. The smallest absolute Gasteiger partial charge is 0.319 e. The third-order valence-corrected chi connectivity index (χ3v) is 4.15. The van der Waals surface area contributed by atoms with E-state index in [1.807, 2.05) is 0 Å². The molecule has 0 aliphatic carbocycles. The molecule has 0 bridgehead atoms. The van der Waals surface area contributed by atoms with Gasteiger partial charge >= 0.3 is 11.7 Å². The number of esters is 1. The van der Waals surface area contributed by atoms with Gasteiger partial charge in [-0.05, 0) is 39.2 Å². The van der Waals surface area contributed by atoms with Crippen LogP contribution in [0.3, 0.4) is 0 Å². The van der Waals surface area contributed by atoms with E-state index in [1.54, 1.807) is 20.8 Å². The number of aryl methyl sites for hydroxylation is 1. The highest BCUT2D eigenvalue weighted by atomic mass is 16.6. The Morgan fingerprint density at radius 3 is 2.59 bits per heavy atom. The van der Waals surface area contributed by atoms with Gasteiger partial charge in [-0.25, -0.2) is 0 Å². The molecule has 1 atom stereocenters. The summed E-state index contributed by atoms with van der Waals surface area (Å²) in [5, 5.41) is 20.7. The maximum absolute atomic E-state index is 13.0. The van der Waals surface area contributed by atoms with Crippen molar-refractivity contribution in [3.05, 3.63) is 27.8 Å². The number of carbonyl (C=O) groups excluding carboxylic acids is 2. The fourth-order valence-corrected chi connectivity index (χ4v) is 3.01. The number of nitro benzene ring substituents is 1. The zero-order chi connectivity index (χ0) is 20.4. The first kappa shape index (κ1) is 20.6. The summed E-state index contributed by atoms with van der Waals surface area (Å²) >= 11 is 0. The SMILES string of the molecule is COc1cc2c(cc1[N+](=O)[O-])CC[C@H](C(=O)OC(C)(C)C)C(=O)N2CCO. The first-order valence-electron chi connectivity index (χ1n) is 8.59. The van der Waals surface area contributed by atoms with E-state index in [0.29, 0.717) is 11.3 Å². The number of amides is 1. The Morgan fingerprint density at radius 2 is 2.07 bits per heavy atom. The van der Waals surface area contributed by atoms with Gasteiger partial charge in [0.25, 0.3) is 0 Å². The van der Waals surface area contributed by atoms with Crippen molar-refractivity contribution >= 4 is 23.3 Å². The Labute approximate surface area is 157 Å². The molecule has 1 heterocycles. The largest absolute Gasteiger partial charge is 0.490 e. The number of aliphatic hydroxyl groups excluding tert-OH is 1. The first-order chi connectivity index (χ1) is 12.6. The molecule has 1 aromatic rings. The van der Waals surface area contributed by atoms with Gasteiger partial charge in [-0.1, -0.05) is 0 Å². The van der Waals surface area contributed by atoms with Crippen LogP contribution in [0.2, 0.25) is 0 Å². The van der Waals surface area contributed by atoms with Gasteiger partial charge in [-0.3, -0.25) is 19.7 Å². The molecular formula is C18H24N2O7. The molecule has 0 radical (unpaired) electrons. The monoisotopic (exact) mass is 380 g/mol. The Hall–Kier alpha value is -2.68. The maximum Gasteiger partial charge on any atom is 0.319 e. The number of benzene rings is 1. The molecule has 1 amide bonds. The molecule has 9 nitrogen and oxygen atoms in total. The van der Waals surface area contributed by atoms with Crippen LogP contribution in [0.4, 0.5) is 11.4 Å². The van der Waals surface area contributed by atoms with Crippen LogP contribution >= 0.6 is 0 Å². The summed E-state index contributed by atoms with van der Waals surface area (Å²) in [5.41, 5.74) is -0.0401. The van der Waals surface area contributed by atoms with Gasteiger partial charge in [0.15, 0.2) is 5.75 Å². The lowest BCUT2D eigenvalue weighted by atomic mass is 9.99. The molecule has 1 aromatic carbocycles. The summed E-state index contributed by atoms with van der Waals surface area (Å²) in [6.45, 7) is 4.75. The van der Waals surface area contributed by atoms with Crippen molar-refractivity contribution < 1.29 is 29.1 Å². The molecule has 0 saturated carbocycles. The van der Waals surface area contributed by atoms with Gasteiger partial charge in [0.2, 0.25) is 5.91 Å². The van der Waals surface area contributed by atoms with Gasteiger partial charge in [0, 0.05) is 18.7 Å². The van der Waals surface area contributed by atoms with Crippen LogP contribution in [-0.2, 0) is 20.7 Å². The highest BCUT2D eigenvalue weighted by Gasteiger charge is 2.38. The minimum absolute atomic E-state index is 0.00482. The molecule has 0 unspecified atom stereocenters. The summed E-state index contributed by atoms with van der Waals surface area (Å²) in [7, 11) is 1.30. The zero-order valence-electron chi connectivity index (χ0n) is 15.9. The van der Waals surface area contributed by atoms with E-state index in [1.165, 1.54) is 24.1 Å². The van der Waals surface area contributed by atoms with E-state index >= 15 is 0 Å². The molecule has 0 fully saturated rings. The lowest BCUT2D eigenvalue weighted by molar-refractivity contribution is -0.385.